The smallest absolute Gasteiger partial charge is 0.275 e. The summed E-state index contributed by atoms with van der Waals surface area (Å²) in [5.41, 5.74) is 4.11. The number of methoxy groups -OCH3 is 2. The molecule has 154 valence electrons. The average molecular weight is 409 g/mol. The van der Waals surface area contributed by atoms with Gasteiger partial charge in [-0.2, -0.15) is 5.10 Å². The van der Waals surface area contributed by atoms with Gasteiger partial charge >= 0.3 is 0 Å². The van der Waals surface area contributed by atoms with Crippen LogP contribution >= 0.6 is 0 Å². The number of non-ortho nitro benzene ring substituents is 1. The molecule has 0 spiro atoms. The molecule has 0 radical (unpaired) electrons. The summed E-state index contributed by atoms with van der Waals surface area (Å²) in [6, 6.07) is 12.7. The standard InChI is InChI=1S/C21H19N3O6/c1-13-4-5-14(24(26)27)10-18(13)19-9-7-16(30-19)12-22-23-21(25)17-8-6-15(28-2)11-20(17)29-3/h4-12H,1-3H3,(H,23,25). The van der Waals surface area contributed by atoms with E-state index in [-0.39, 0.29) is 5.69 Å². The van der Waals surface area contributed by atoms with Gasteiger partial charge in [-0.25, -0.2) is 5.43 Å². The van der Waals surface area contributed by atoms with Gasteiger partial charge in [0.1, 0.15) is 23.0 Å². The third-order valence-electron chi connectivity index (χ3n) is 4.34. The van der Waals surface area contributed by atoms with E-state index in [9.17, 15) is 14.9 Å². The van der Waals surface area contributed by atoms with E-state index in [2.05, 4.69) is 10.5 Å². The Morgan fingerprint density at radius 2 is 1.93 bits per heavy atom. The third kappa shape index (κ3) is 4.46. The molecular formula is C21H19N3O6. The fraction of sp³-hybridized carbons (Fsp3) is 0.143. The minimum atomic E-state index is -0.466. The van der Waals surface area contributed by atoms with Crippen molar-refractivity contribution in [2.75, 3.05) is 14.2 Å². The summed E-state index contributed by atoms with van der Waals surface area (Å²) in [6.45, 7) is 1.83. The predicted octanol–water partition coefficient (Wildman–Crippen LogP) is 3.94. The van der Waals surface area contributed by atoms with Crippen molar-refractivity contribution in [1.29, 1.82) is 0 Å². The normalized spacial score (nSPS) is 10.8. The van der Waals surface area contributed by atoms with Crippen molar-refractivity contribution in [3.05, 3.63) is 75.5 Å². The van der Waals surface area contributed by atoms with E-state index in [4.69, 9.17) is 13.9 Å². The molecule has 30 heavy (non-hydrogen) atoms. The number of carbonyl (C=O) groups excluding carboxylic acids is 1. The monoisotopic (exact) mass is 409 g/mol. The highest BCUT2D eigenvalue weighted by Gasteiger charge is 2.14. The molecule has 0 fully saturated rings. The van der Waals surface area contributed by atoms with Crippen molar-refractivity contribution in [2.24, 2.45) is 5.10 Å². The van der Waals surface area contributed by atoms with Gasteiger partial charge in [0.2, 0.25) is 0 Å². The Labute approximate surface area is 172 Å². The number of aryl methyl sites for hydroxylation is 1. The summed E-state index contributed by atoms with van der Waals surface area (Å²) in [6.07, 6.45) is 1.34. The lowest BCUT2D eigenvalue weighted by atomic mass is 10.1. The number of nitro groups is 1. The van der Waals surface area contributed by atoms with Crippen LogP contribution in [0, 0.1) is 17.0 Å². The number of rotatable bonds is 7. The number of furan rings is 1. The van der Waals surface area contributed by atoms with Crippen molar-refractivity contribution < 1.29 is 23.6 Å². The average Bonchev–Trinajstić information content (AvgIpc) is 3.21. The Morgan fingerprint density at radius 1 is 1.13 bits per heavy atom. The van der Waals surface area contributed by atoms with E-state index < -0.39 is 10.8 Å². The van der Waals surface area contributed by atoms with Crippen LogP contribution in [0.15, 0.2) is 58.0 Å². The molecule has 0 atom stereocenters. The molecule has 9 heteroatoms. The summed E-state index contributed by atoms with van der Waals surface area (Å²) < 4.78 is 16.0. The number of ether oxygens (including phenoxy) is 2. The van der Waals surface area contributed by atoms with Gasteiger partial charge in [-0.3, -0.25) is 14.9 Å². The highest BCUT2D eigenvalue weighted by molar-refractivity contribution is 5.97. The number of nitrogens with one attached hydrogen (secondary N) is 1. The number of hydrogen-bond acceptors (Lipinski definition) is 7. The first kappa shape index (κ1) is 20.6. The maximum atomic E-state index is 12.3. The third-order valence-corrected chi connectivity index (χ3v) is 4.34. The number of benzene rings is 2. The van der Waals surface area contributed by atoms with Crippen LogP contribution in [0.3, 0.4) is 0 Å². The minimum absolute atomic E-state index is 0.0251. The molecule has 1 amide bonds. The van der Waals surface area contributed by atoms with Crippen LogP contribution in [-0.4, -0.2) is 31.3 Å². The Hall–Kier alpha value is -4.14. The topological polar surface area (TPSA) is 116 Å². The first-order chi connectivity index (χ1) is 14.4. The Balaban J connectivity index is 1.73. The van der Waals surface area contributed by atoms with Gasteiger partial charge in [0.05, 0.1) is 30.9 Å². The molecule has 0 saturated carbocycles. The van der Waals surface area contributed by atoms with Crippen molar-refractivity contribution >= 4 is 17.8 Å². The fourth-order valence-corrected chi connectivity index (χ4v) is 2.76. The molecule has 3 aromatic rings. The zero-order valence-electron chi connectivity index (χ0n) is 16.5. The molecular weight excluding hydrogens is 390 g/mol. The van der Waals surface area contributed by atoms with Gasteiger partial charge in [0.15, 0.2) is 0 Å². The molecule has 0 aliphatic rings. The van der Waals surface area contributed by atoms with Gasteiger partial charge in [-0.15, -0.1) is 0 Å². The molecule has 0 aliphatic carbocycles. The Morgan fingerprint density at radius 3 is 2.63 bits per heavy atom. The van der Waals surface area contributed by atoms with Crippen LogP contribution in [0.4, 0.5) is 5.69 Å². The van der Waals surface area contributed by atoms with Gasteiger partial charge in [0, 0.05) is 23.8 Å². The zero-order valence-corrected chi connectivity index (χ0v) is 16.5. The zero-order chi connectivity index (χ0) is 21.7. The molecule has 0 aliphatic heterocycles. The molecule has 0 bridgehead atoms. The van der Waals surface area contributed by atoms with Gasteiger partial charge < -0.3 is 13.9 Å². The Kier molecular flexibility index (Phi) is 6.11. The van der Waals surface area contributed by atoms with Gasteiger partial charge in [-0.1, -0.05) is 6.07 Å². The van der Waals surface area contributed by atoms with Crippen molar-refractivity contribution in [3.8, 4) is 22.8 Å². The van der Waals surface area contributed by atoms with E-state index in [0.29, 0.717) is 34.1 Å². The number of hydrogen-bond donors (Lipinski definition) is 1. The number of carbonyl (C=O) groups is 1. The highest BCUT2D eigenvalue weighted by atomic mass is 16.6. The van der Waals surface area contributed by atoms with Crippen LogP contribution in [0.2, 0.25) is 0 Å². The van der Waals surface area contributed by atoms with Gasteiger partial charge in [0.25, 0.3) is 11.6 Å². The number of nitro benzene ring substituents is 1. The maximum Gasteiger partial charge on any atom is 0.275 e. The summed E-state index contributed by atoms with van der Waals surface area (Å²) in [5, 5.41) is 14.9. The maximum absolute atomic E-state index is 12.3. The number of nitrogens with zero attached hydrogens (tertiary/aromatic N) is 2. The molecule has 9 nitrogen and oxygen atoms in total. The molecule has 1 N–H and O–H groups in total. The van der Waals surface area contributed by atoms with Crippen LogP contribution in [0.1, 0.15) is 21.7 Å². The lowest BCUT2D eigenvalue weighted by molar-refractivity contribution is -0.384. The summed E-state index contributed by atoms with van der Waals surface area (Å²) in [7, 11) is 2.97. The molecule has 3 rings (SSSR count). The molecule has 2 aromatic carbocycles. The SMILES string of the molecule is COc1ccc(C(=O)NN=Cc2ccc(-c3cc([N+](=O)[O-])ccc3C)o2)c(OC)c1. The first-order valence-corrected chi connectivity index (χ1v) is 8.83. The lowest BCUT2D eigenvalue weighted by Gasteiger charge is -2.08. The number of amides is 1. The molecule has 0 saturated heterocycles. The van der Waals surface area contributed by atoms with Crippen LogP contribution < -0.4 is 14.9 Å². The quantitative estimate of drug-likeness (QED) is 0.359. The van der Waals surface area contributed by atoms with Crippen molar-refractivity contribution in [3.63, 3.8) is 0 Å². The predicted molar refractivity (Wildman–Crippen MR) is 110 cm³/mol. The first-order valence-electron chi connectivity index (χ1n) is 8.83. The van der Waals surface area contributed by atoms with E-state index in [1.807, 2.05) is 6.92 Å². The van der Waals surface area contributed by atoms with E-state index in [0.717, 1.165) is 5.56 Å². The van der Waals surface area contributed by atoms with Gasteiger partial charge in [-0.05, 0) is 36.8 Å². The van der Waals surface area contributed by atoms with Crippen LogP contribution in [0.5, 0.6) is 11.5 Å². The van der Waals surface area contributed by atoms with E-state index in [1.54, 1.807) is 36.4 Å². The van der Waals surface area contributed by atoms with Crippen molar-refractivity contribution in [2.45, 2.75) is 6.92 Å². The number of hydrazone groups is 1. The highest BCUT2D eigenvalue weighted by Crippen LogP contribution is 2.29. The lowest BCUT2D eigenvalue weighted by Crippen LogP contribution is -2.18. The fourth-order valence-electron chi connectivity index (χ4n) is 2.76. The van der Waals surface area contributed by atoms with Crippen molar-refractivity contribution in [1.82, 2.24) is 5.43 Å². The second-order valence-electron chi connectivity index (χ2n) is 6.22. The van der Waals surface area contributed by atoms with E-state index >= 15 is 0 Å². The summed E-state index contributed by atoms with van der Waals surface area (Å²) >= 11 is 0. The van der Waals surface area contributed by atoms with E-state index in [1.165, 1.54) is 32.6 Å². The molecule has 1 aromatic heterocycles. The summed E-state index contributed by atoms with van der Waals surface area (Å²) in [5.74, 6) is 1.28. The second kappa shape index (κ2) is 8.91. The Bertz CT molecular complexity index is 1120. The molecule has 0 unspecified atom stereocenters. The largest absolute Gasteiger partial charge is 0.497 e. The van der Waals surface area contributed by atoms with Crippen LogP contribution in [-0.2, 0) is 0 Å². The second-order valence-corrected chi connectivity index (χ2v) is 6.22. The van der Waals surface area contributed by atoms with Crippen LogP contribution in [0.25, 0.3) is 11.3 Å². The summed E-state index contributed by atoms with van der Waals surface area (Å²) in [4.78, 5) is 22.9. The minimum Gasteiger partial charge on any atom is -0.497 e. The molecule has 1 heterocycles.